The van der Waals surface area contributed by atoms with Gasteiger partial charge in [0.15, 0.2) is 11.5 Å². The lowest BCUT2D eigenvalue weighted by Gasteiger charge is -2.29. The summed E-state index contributed by atoms with van der Waals surface area (Å²) < 4.78 is 8.42. The molecule has 0 bridgehead atoms. The lowest BCUT2D eigenvalue weighted by molar-refractivity contribution is 0.0911. The fraction of sp³-hybridized carbons (Fsp3) is 0.500. The van der Waals surface area contributed by atoms with E-state index in [0.29, 0.717) is 11.5 Å². The summed E-state index contributed by atoms with van der Waals surface area (Å²) in [5.74, 6) is 1.25. The SMILES string of the molecule is O=C(NC1CCC(n2nc(-n3cncn3)ccc2=O)CC1)c1noc2c1CCCC2. The predicted molar refractivity (Wildman–Crippen MR) is 105 cm³/mol. The van der Waals surface area contributed by atoms with Crippen molar-refractivity contribution < 1.29 is 9.32 Å². The van der Waals surface area contributed by atoms with E-state index in [0.717, 1.165) is 62.7 Å². The van der Waals surface area contributed by atoms with Gasteiger partial charge in [0.25, 0.3) is 11.5 Å². The number of nitrogens with one attached hydrogen (secondary N) is 1. The van der Waals surface area contributed by atoms with Gasteiger partial charge in [0.05, 0.1) is 6.04 Å². The van der Waals surface area contributed by atoms with Crippen LogP contribution in [0.1, 0.15) is 66.4 Å². The first-order chi connectivity index (χ1) is 14.7. The van der Waals surface area contributed by atoms with Gasteiger partial charge in [-0.3, -0.25) is 9.59 Å². The van der Waals surface area contributed by atoms with Gasteiger partial charge in [-0.05, 0) is 51.0 Å². The van der Waals surface area contributed by atoms with E-state index >= 15 is 0 Å². The van der Waals surface area contributed by atoms with Crippen LogP contribution in [0.3, 0.4) is 0 Å². The number of hydrogen-bond donors (Lipinski definition) is 1. The molecule has 1 amide bonds. The van der Waals surface area contributed by atoms with Gasteiger partial charge in [-0.25, -0.2) is 14.3 Å². The molecule has 0 radical (unpaired) electrons. The van der Waals surface area contributed by atoms with Crippen molar-refractivity contribution in [3.63, 3.8) is 0 Å². The number of aryl methyl sites for hydroxylation is 1. The van der Waals surface area contributed by atoms with Crippen molar-refractivity contribution in [1.29, 1.82) is 0 Å². The Hall–Kier alpha value is -3.30. The molecule has 3 aromatic rings. The quantitative estimate of drug-likeness (QED) is 0.695. The molecule has 1 N–H and O–H groups in total. The van der Waals surface area contributed by atoms with Crippen molar-refractivity contribution >= 4 is 5.91 Å². The number of carbonyl (C=O) groups excluding carboxylic acids is 1. The third-order valence-corrected chi connectivity index (χ3v) is 6.01. The van der Waals surface area contributed by atoms with E-state index in [4.69, 9.17) is 4.52 Å². The van der Waals surface area contributed by atoms with E-state index in [1.54, 1.807) is 12.4 Å². The number of amides is 1. The zero-order valence-corrected chi connectivity index (χ0v) is 16.5. The van der Waals surface area contributed by atoms with Gasteiger partial charge in [0, 0.05) is 24.1 Å². The summed E-state index contributed by atoms with van der Waals surface area (Å²) in [6, 6.07) is 3.19. The second-order valence-electron chi connectivity index (χ2n) is 7.93. The normalized spacial score (nSPS) is 21.2. The van der Waals surface area contributed by atoms with Crippen LogP contribution in [-0.4, -0.2) is 41.7 Å². The molecule has 0 atom stereocenters. The van der Waals surface area contributed by atoms with Crippen LogP contribution in [-0.2, 0) is 12.8 Å². The highest BCUT2D eigenvalue weighted by Crippen LogP contribution is 2.28. The van der Waals surface area contributed by atoms with Gasteiger partial charge in [0.1, 0.15) is 18.4 Å². The Morgan fingerprint density at radius 2 is 1.97 bits per heavy atom. The Morgan fingerprint density at radius 1 is 1.13 bits per heavy atom. The average Bonchev–Trinajstić information content (AvgIpc) is 3.45. The highest BCUT2D eigenvalue weighted by Gasteiger charge is 2.28. The van der Waals surface area contributed by atoms with Gasteiger partial charge in [0.2, 0.25) is 0 Å². The smallest absolute Gasteiger partial charge is 0.273 e. The summed E-state index contributed by atoms with van der Waals surface area (Å²) in [6.07, 6.45) is 9.90. The molecule has 10 nitrogen and oxygen atoms in total. The summed E-state index contributed by atoms with van der Waals surface area (Å²) in [6.45, 7) is 0. The molecule has 0 saturated heterocycles. The first-order valence-electron chi connectivity index (χ1n) is 10.4. The standard InChI is InChI=1S/C20H23N7O3/c28-18-10-9-17(26-12-21-11-22-26)24-27(18)14-7-5-13(6-8-14)23-20(29)19-15-3-1-2-4-16(15)30-25-19/h9-14H,1-8H2,(H,23,29). The first-order valence-corrected chi connectivity index (χ1v) is 10.4. The van der Waals surface area contributed by atoms with E-state index in [2.05, 4.69) is 25.7 Å². The molecule has 0 aliphatic heterocycles. The van der Waals surface area contributed by atoms with Crippen molar-refractivity contribution in [1.82, 2.24) is 35.0 Å². The van der Waals surface area contributed by atoms with E-state index in [-0.39, 0.29) is 23.6 Å². The number of nitrogens with zero attached hydrogens (tertiary/aromatic N) is 6. The lowest BCUT2D eigenvalue weighted by atomic mass is 9.90. The number of aromatic nitrogens is 6. The van der Waals surface area contributed by atoms with Crippen LogP contribution in [0.5, 0.6) is 0 Å². The van der Waals surface area contributed by atoms with Crippen molar-refractivity contribution in [2.24, 2.45) is 0 Å². The zero-order valence-electron chi connectivity index (χ0n) is 16.5. The molecule has 3 heterocycles. The molecule has 0 aromatic carbocycles. The summed E-state index contributed by atoms with van der Waals surface area (Å²) in [5.41, 5.74) is 1.26. The number of hydrogen-bond acceptors (Lipinski definition) is 7. The van der Waals surface area contributed by atoms with Crippen LogP contribution < -0.4 is 10.9 Å². The Morgan fingerprint density at radius 3 is 2.77 bits per heavy atom. The van der Waals surface area contributed by atoms with Gasteiger partial charge in [-0.1, -0.05) is 5.16 Å². The molecular weight excluding hydrogens is 386 g/mol. The molecule has 0 unspecified atom stereocenters. The number of fused-ring (bicyclic) bond motifs is 1. The van der Waals surface area contributed by atoms with Crippen molar-refractivity contribution in [2.75, 3.05) is 0 Å². The fourth-order valence-corrected chi connectivity index (χ4v) is 4.41. The molecule has 5 rings (SSSR count). The average molecular weight is 409 g/mol. The van der Waals surface area contributed by atoms with E-state index < -0.39 is 0 Å². The minimum atomic E-state index is -0.158. The molecule has 0 spiro atoms. The van der Waals surface area contributed by atoms with Crippen molar-refractivity contribution in [3.05, 3.63) is 52.2 Å². The Bertz CT molecular complexity index is 1090. The highest BCUT2D eigenvalue weighted by molar-refractivity contribution is 5.94. The van der Waals surface area contributed by atoms with E-state index in [1.807, 2.05) is 0 Å². The van der Waals surface area contributed by atoms with Gasteiger partial charge in [-0.2, -0.15) is 5.10 Å². The van der Waals surface area contributed by atoms with Gasteiger partial charge < -0.3 is 9.84 Å². The van der Waals surface area contributed by atoms with E-state index in [1.165, 1.54) is 21.8 Å². The Kier molecular flexibility index (Phi) is 4.89. The van der Waals surface area contributed by atoms with Crippen LogP contribution in [0.25, 0.3) is 5.82 Å². The minimum absolute atomic E-state index is 0.00562. The topological polar surface area (TPSA) is 121 Å². The maximum atomic E-state index is 12.7. The molecule has 1 saturated carbocycles. The van der Waals surface area contributed by atoms with Gasteiger partial charge >= 0.3 is 0 Å². The fourth-order valence-electron chi connectivity index (χ4n) is 4.41. The van der Waals surface area contributed by atoms with Crippen LogP contribution in [0, 0.1) is 0 Å². The molecule has 2 aliphatic rings. The molecule has 2 aliphatic carbocycles. The third-order valence-electron chi connectivity index (χ3n) is 6.01. The van der Waals surface area contributed by atoms with Crippen molar-refractivity contribution in [3.8, 4) is 5.82 Å². The third kappa shape index (κ3) is 3.53. The first kappa shape index (κ1) is 18.7. The monoisotopic (exact) mass is 409 g/mol. The maximum Gasteiger partial charge on any atom is 0.273 e. The predicted octanol–water partition coefficient (Wildman–Crippen LogP) is 1.60. The summed E-state index contributed by atoms with van der Waals surface area (Å²) >= 11 is 0. The Balaban J connectivity index is 1.24. The number of rotatable bonds is 4. The van der Waals surface area contributed by atoms with Crippen LogP contribution >= 0.6 is 0 Å². The molecule has 3 aromatic heterocycles. The van der Waals surface area contributed by atoms with E-state index in [9.17, 15) is 9.59 Å². The molecule has 156 valence electrons. The Labute approximate surface area is 172 Å². The second-order valence-corrected chi connectivity index (χ2v) is 7.93. The van der Waals surface area contributed by atoms with Crippen LogP contribution in [0.15, 0.2) is 34.1 Å². The zero-order chi connectivity index (χ0) is 20.5. The molecule has 10 heteroatoms. The number of carbonyl (C=O) groups is 1. The molecular formula is C20H23N7O3. The summed E-state index contributed by atoms with van der Waals surface area (Å²) in [4.78, 5) is 29.0. The van der Waals surface area contributed by atoms with Crippen molar-refractivity contribution in [2.45, 2.75) is 63.5 Å². The summed E-state index contributed by atoms with van der Waals surface area (Å²) in [5, 5.41) is 15.7. The van der Waals surface area contributed by atoms with Crippen LogP contribution in [0.4, 0.5) is 0 Å². The second kappa shape index (κ2) is 7.85. The molecule has 30 heavy (non-hydrogen) atoms. The largest absolute Gasteiger partial charge is 0.360 e. The van der Waals surface area contributed by atoms with Gasteiger partial charge in [-0.15, -0.1) is 5.10 Å². The summed E-state index contributed by atoms with van der Waals surface area (Å²) in [7, 11) is 0. The maximum absolute atomic E-state index is 12.7. The highest BCUT2D eigenvalue weighted by atomic mass is 16.5. The lowest BCUT2D eigenvalue weighted by Crippen LogP contribution is -2.40. The molecule has 1 fully saturated rings. The minimum Gasteiger partial charge on any atom is -0.360 e. The van der Waals surface area contributed by atoms with Crippen LogP contribution in [0.2, 0.25) is 0 Å².